The van der Waals surface area contributed by atoms with Gasteiger partial charge in [-0.15, -0.1) is 12.4 Å². The summed E-state index contributed by atoms with van der Waals surface area (Å²) in [6, 6.07) is 21.7. The molecule has 28 heavy (non-hydrogen) atoms. The maximum atomic E-state index is 4.73. The molecule has 146 valence electrons. The first kappa shape index (κ1) is 24.7. The van der Waals surface area contributed by atoms with Crippen molar-refractivity contribution in [3.63, 3.8) is 0 Å². The molecule has 0 fully saturated rings. The summed E-state index contributed by atoms with van der Waals surface area (Å²) in [5.74, 6) is 0. The molecule has 0 aliphatic carbocycles. The first-order chi connectivity index (χ1) is 12.5. The van der Waals surface area contributed by atoms with E-state index in [-0.39, 0.29) is 29.5 Å². The fourth-order valence-electron chi connectivity index (χ4n) is 2.40. The summed E-state index contributed by atoms with van der Waals surface area (Å²) in [6.45, 7) is 3.93. The fourth-order valence-corrected chi connectivity index (χ4v) is 3.15. The second kappa shape index (κ2) is 11.6. The average Bonchev–Trinajstić information content (AvgIpc) is 2.65. The van der Waals surface area contributed by atoms with Crippen LogP contribution in [0.25, 0.3) is 0 Å². The van der Waals surface area contributed by atoms with Crippen LogP contribution in [0.2, 0.25) is 0 Å². The third-order valence-electron chi connectivity index (χ3n) is 3.77. The molecule has 0 amide bonds. The van der Waals surface area contributed by atoms with Gasteiger partial charge in [0.15, 0.2) is 0 Å². The van der Waals surface area contributed by atoms with E-state index in [0.29, 0.717) is 0 Å². The van der Waals surface area contributed by atoms with Crippen LogP contribution < -0.4 is 0 Å². The molecule has 0 N–H and O–H groups in total. The summed E-state index contributed by atoms with van der Waals surface area (Å²) in [6.07, 6.45) is 0. The molecule has 0 saturated heterocycles. The van der Waals surface area contributed by atoms with Crippen molar-refractivity contribution in [3.05, 3.63) is 87.1 Å². The third kappa shape index (κ3) is 6.36. The Balaban J connectivity index is 0.00000196. The molecule has 0 bridgehead atoms. The van der Waals surface area contributed by atoms with Gasteiger partial charge in [-0.05, 0) is 82.1 Å². The van der Waals surface area contributed by atoms with Gasteiger partial charge >= 0.3 is 0 Å². The number of aliphatic imine (C=N–C) groups is 2. The van der Waals surface area contributed by atoms with Gasteiger partial charge in [0.1, 0.15) is 0 Å². The van der Waals surface area contributed by atoms with Crippen molar-refractivity contribution in [1.82, 2.24) is 4.98 Å². The fraction of sp³-hybridized carbons (Fsp3) is 0.0952. The van der Waals surface area contributed by atoms with Crippen LogP contribution in [-0.2, 0) is 17.1 Å². The second-order valence-electron chi connectivity index (χ2n) is 5.71. The predicted octanol–water partition coefficient (Wildman–Crippen LogP) is 7.31. The van der Waals surface area contributed by atoms with Crippen molar-refractivity contribution >= 4 is 67.1 Å². The van der Waals surface area contributed by atoms with Crippen molar-refractivity contribution in [3.8, 4) is 0 Å². The molecule has 0 spiro atoms. The Hall–Kier alpha value is -1.30. The van der Waals surface area contributed by atoms with Crippen LogP contribution in [0.3, 0.4) is 0 Å². The number of hydrogen-bond acceptors (Lipinski definition) is 3. The molecule has 0 radical (unpaired) electrons. The minimum atomic E-state index is 0. The minimum absolute atomic E-state index is 0. The van der Waals surface area contributed by atoms with Gasteiger partial charge in [0, 0.05) is 26.0 Å². The van der Waals surface area contributed by atoms with Crippen molar-refractivity contribution in [2.45, 2.75) is 13.8 Å². The van der Waals surface area contributed by atoms with E-state index in [9.17, 15) is 0 Å². The number of nitrogens with zero attached hydrogens (tertiary/aromatic N) is 3. The molecule has 0 saturated carbocycles. The number of aromatic nitrogens is 1. The maximum absolute atomic E-state index is 4.73. The molecule has 3 nitrogen and oxygen atoms in total. The number of halogens is 3. The Labute approximate surface area is 198 Å². The van der Waals surface area contributed by atoms with Gasteiger partial charge in [0.25, 0.3) is 0 Å². The van der Waals surface area contributed by atoms with Gasteiger partial charge < -0.3 is 0 Å². The molecule has 1 heterocycles. The topological polar surface area (TPSA) is 37.6 Å². The normalized spacial score (nSPS) is 11.4. The Morgan fingerprint density at radius 1 is 0.679 bits per heavy atom. The van der Waals surface area contributed by atoms with Crippen LogP contribution in [0, 0.1) is 0 Å². The zero-order valence-corrected chi connectivity index (χ0v) is 20.3. The van der Waals surface area contributed by atoms with Gasteiger partial charge in [-0.25, -0.2) is 4.98 Å². The van der Waals surface area contributed by atoms with Crippen molar-refractivity contribution in [2.75, 3.05) is 0 Å². The Bertz CT molecular complexity index is 929. The Morgan fingerprint density at radius 3 is 1.46 bits per heavy atom. The quantitative estimate of drug-likeness (QED) is 0.242. The van der Waals surface area contributed by atoms with E-state index in [1.807, 2.05) is 80.6 Å². The van der Waals surface area contributed by atoms with Crippen LogP contribution in [0.4, 0.5) is 11.4 Å². The van der Waals surface area contributed by atoms with E-state index >= 15 is 0 Å². The van der Waals surface area contributed by atoms with E-state index in [2.05, 4.69) is 41.8 Å². The molecule has 0 aliphatic heterocycles. The molecule has 0 atom stereocenters. The van der Waals surface area contributed by atoms with Crippen molar-refractivity contribution < 1.29 is 17.1 Å². The average molecular weight is 564 g/mol. The molecular weight excluding hydrogens is 545 g/mol. The van der Waals surface area contributed by atoms with Crippen molar-refractivity contribution in [1.29, 1.82) is 0 Å². The largest absolute Gasteiger partial charge is 0.250 e. The number of para-hydroxylation sites is 2. The molecule has 2 aromatic carbocycles. The molecule has 1 aromatic heterocycles. The monoisotopic (exact) mass is 561 g/mol. The summed E-state index contributed by atoms with van der Waals surface area (Å²) < 4.78 is 1.92. The van der Waals surface area contributed by atoms with E-state index in [4.69, 9.17) is 4.98 Å². The minimum Gasteiger partial charge on any atom is -0.250 e. The van der Waals surface area contributed by atoms with Gasteiger partial charge in [-0.1, -0.05) is 30.3 Å². The summed E-state index contributed by atoms with van der Waals surface area (Å²) in [7, 11) is 0. The second-order valence-corrected chi connectivity index (χ2v) is 7.41. The third-order valence-corrected chi connectivity index (χ3v) is 5.11. The number of pyridine rings is 1. The van der Waals surface area contributed by atoms with Gasteiger partial charge in [0.2, 0.25) is 0 Å². The predicted molar refractivity (Wildman–Crippen MR) is 124 cm³/mol. The summed E-state index contributed by atoms with van der Waals surface area (Å²) in [4.78, 5) is 14.1. The van der Waals surface area contributed by atoms with E-state index in [1.54, 1.807) is 0 Å². The van der Waals surface area contributed by atoms with Gasteiger partial charge in [-0.3, -0.25) is 9.98 Å². The number of rotatable bonds is 4. The zero-order valence-electron chi connectivity index (χ0n) is 15.2. The Morgan fingerprint density at radius 2 is 1.07 bits per heavy atom. The first-order valence-electron chi connectivity index (χ1n) is 8.12. The maximum Gasteiger partial charge on any atom is 0.0849 e. The Kier molecular flexibility index (Phi) is 10.3. The smallest absolute Gasteiger partial charge is 0.0849 e. The van der Waals surface area contributed by atoms with Crippen LogP contribution in [0.1, 0.15) is 25.2 Å². The number of benzene rings is 2. The molecular formula is C21H18Br2ClFeN3. The van der Waals surface area contributed by atoms with Crippen LogP contribution >= 0.6 is 44.3 Å². The van der Waals surface area contributed by atoms with Crippen molar-refractivity contribution in [2.24, 2.45) is 9.98 Å². The molecule has 0 aliphatic rings. The summed E-state index contributed by atoms with van der Waals surface area (Å²) in [5, 5.41) is 0. The van der Waals surface area contributed by atoms with Gasteiger partial charge in [-0.2, -0.15) is 0 Å². The van der Waals surface area contributed by atoms with Crippen LogP contribution in [-0.4, -0.2) is 16.4 Å². The van der Waals surface area contributed by atoms with E-state index in [1.165, 1.54) is 0 Å². The standard InChI is InChI=1S/C21H17Br2N3.ClH.Fe/c1-14(24-20-10-5-3-8-16(20)22)18-12-7-13-19(26-18)15(2)25-21-11-6-4-9-17(21)23;;/h3-13H,1-2H3;1H;/b24-14+,25-15+;;. The number of hydrogen-bond donors (Lipinski definition) is 0. The SMILES string of the molecule is C/C(=N\c1ccccc1Br)c1cccc(/C(C)=N/c2ccccc2Br)n1.Cl.[Fe]. The van der Waals surface area contributed by atoms with Gasteiger partial charge in [0.05, 0.1) is 34.2 Å². The summed E-state index contributed by atoms with van der Waals surface area (Å²) >= 11 is 7.06. The molecule has 7 heteroatoms. The van der Waals surface area contributed by atoms with E-state index < -0.39 is 0 Å². The zero-order chi connectivity index (χ0) is 18.5. The molecule has 3 aromatic rings. The molecule has 0 unspecified atom stereocenters. The van der Waals surface area contributed by atoms with Crippen LogP contribution in [0.5, 0.6) is 0 Å². The van der Waals surface area contributed by atoms with Crippen LogP contribution in [0.15, 0.2) is 85.7 Å². The molecule has 3 rings (SSSR count). The van der Waals surface area contributed by atoms with E-state index in [0.717, 1.165) is 43.1 Å². The summed E-state index contributed by atoms with van der Waals surface area (Å²) in [5.41, 5.74) is 5.14. The first-order valence-corrected chi connectivity index (χ1v) is 9.70.